The highest BCUT2D eigenvalue weighted by atomic mass is 19.1. The van der Waals surface area contributed by atoms with Crippen LogP contribution in [0.2, 0.25) is 0 Å². The van der Waals surface area contributed by atoms with Crippen molar-refractivity contribution < 1.29 is 14.2 Å². The number of methoxy groups -OCH3 is 1. The number of nitrogens with zero attached hydrogens (tertiary/aromatic N) is 2. The van der Waals surface area contributed by atoms with E-state index in [0.29, 0.717) is 16.8 Å². The number of anilines is 1. The maximum Gasteiger partial charge on any atom is 0.196 e. The molecule has 0 unspecified atom stereocenters. The largest absolute Gasteiger partial charge is 0.502 e. The number of aromatic hydroxyl groups is 1. The predicted molar refractivity (Wildman–Crippen MR) is 75.6 cm³/mol. The van der Waals surface area contributed by atoms with E-state index < -0.39 is 11.6 Å². The smallest absolute Gasteiger partial charge is 0.196 e. The van der Waals surface area contributed by atoms with Gasteiger partial charge in [-0.2, -0.15) is 0 Å². The van der Waals surface area contributed by atoms with Crippen molar-refractivity contribution in [3.05, 3.63) is 17.2 Å². The van der Waals surface area contributed by atoms with Gasteiger partial charge < -0.3 is 15.6 Å². The average molecular weight is 279 g/mol. The Morgan fingerprint density at radius 1 is 1.25 bits per heavy atom. The Kier molecular flexibility index (Phi) is 3.20. The third kappa shape index (κ3) is 2.01. The van der Waals surface area contributed by atoms with Crippen LogP contribution in [0, 0.1) is 12.7 Å². The second-order valence-corrected chi connectivity index (χ2v) is 5.73. The normalized spacial score (nSPS) is 11.9. The molecule has 0 bridgehead atoms. The van der Waals surface area contributed by atoms with Crippen molar-refractivity contribution in [2.75, 3.05) is 12.8 Å². The molecule has 6 heteroatoms. The van der Waals surface area contributed by atoms with E-state index in [4.69, 9.17) is 10.5 Å². The summed E-state index contributed by atoms with van der Waals surface area (Å²) < 4.78 is 19.3. The molecule has 108 valence electrons. The van der Waals surface area contributed by atoms with Crippen molar-refractivity contribution in [3.8, 4) is 11.5 Å². The number of nitrogen functional groups attached to an aromatic ring is 1. The third-order valence-electron chi connectivity index (χ3n) is 3.16. The summed E-state index contributed by atoms with van der Waals surface area (Å²) in [6, 6.07) is 0. The van der Waals surface area contributed by atoms with Crippen LogP contribution in [0.3, 0.4) is 0 Å². The summed E-state index contributed by atoms with van der Waals surface area (Å²) in [5, 5.41) is 10.2. The highest BCUT2D eigenvalue weighted by molar-refractivity contribution is 5.94. The van der Waals surface area contributed by atoms with E-state index in [1.54, 1.807) is 6.92 Å². The molecule has 0 amide bonds. The van der Waals surface area contributed by atoms with Gasteiger partial charge in [-0.3, -0.25) is 0 Å². The predicted octanol–water partition coefficient (Wildman–Crippen LogP) is 2.67. The Morgan fingerprint density at radius 2 is 1.85 bits per heavy atom. The monoisotopic (exact) mass is 279 g/mol. The van der Waals surface area contributed by atoms with Gasteiger partial charge in [0.25, 0.3) is 0 Å². The van der Waals surface area contributed by atoms with Crippen molar-refractivity contribution in [3.63, 3.8) is 0 Å². The highest BCUT2D eigenvalue weighted by Crippen LogP contribution is 2.40. The number of ether oxygens (including phenoxy) is 1. The molecule has 3 N–H and O–H groups in total. The molecule has 5 nitrogen and oxygen atoms in total. The van der Waals surface area contributed by atoms with Crippen LogP contribution in [0.15, 0.2) is 0 Å². The first kappa shape index (κ1) is 14.3. The molecule has 0 fully saturated rings. The quantitative estimate of drug-likeness (QED) is 0.838. The van der Waals surface area contributed by atoms with Gasteiger partial charge in [0.15, 0.2) is 17.3 Å². The maximum absolute atomic E-state index is 14.3. The number of phenolic OH excluding ortho intramolecular Hbond substituents is 1. The molecular formula is C14H18FN3O2. The molecule has 0 atom stereocenters. The summed E-state index contributed by atoms with van der Waals surface area (Å²) in [4.78, 5) is 8.46. The van der Waals surface area contributed by atoms with Gasteiger partial charge >= 0.3 is 0 Å². The number of fused-ring (bicyclic) bond motifs is 1. The molecule has 0 radical (unpaired) electrons. The van der Waals surface area contributed by atoms with Gasteiger partial charge in [0, 0.05) is 11.0 Å². The van der Waals surface area contributed by atoms with E-state index in [1.807, 2.05) is 20.8 Å². The van der Waals surface area contributed by atoms with Gasteiger partial charge in [-0.05, 0) is 6.92 Å². The second kappa shape index (κ2) is 4.47. The minimum Gasteiger partial charge on any atom is -0.502 e. The van der Waals surface area contributed by atoms with Crippen LogP contribution >= 0.6 is 0 Å². The molecule has 1 aromatic carbocycles. The van der Waals surface area contributed by atoms with Gasteiger partial charge in [-0.25, -0.2) is 14.4 Å². The second-order valence-electron chi connectivity index (χ2n) is 5.73. The number of hydrogen-bond donors (Lipinski definition) is 2. The molecule has 0 saturated carbocycles. The topological polar surface area (TPSA) is 81.3 Å². The third-order valence-corrected chi connectivity index (χ3v) is 3.16. The van der Waals surface area contributed by atoms with Crippen LogP contribution < -0.4 is 10.5 Å². The molecule has 0 aliphatic heterocycles. The first-order valence-electron chi connectivity index (χ1n) is 6.21. The van der Waals surface area contributed by atoms with E-state index in [2.05, 4.69) is 9.97 Å². The summed E-state index contributed by atoms with van der Waals surface area (Å²) in [6.45, 7) is 7.39. The number of nitrogens with two attached hydrogens (primary N) is 1. The number of aryl methyl sites for hydroxylation is 1. The zero-order chi connectivity index (χ0) is 15.2. The van der Waals surface area contributed by atoms with Gasteiger partial charge in [0.2, 0.25) is 0 Å². The van der Waals surface area contributed by atoms with Crippen LogP contribution in [0.1, 0.15) is 32.2 Å². The highest BCUT2D eigenvalue weighted by Gasteiger charge is 2.25. The molecule has 0 spiro atoms. The van der Waals surface area contributed by atoms with Crippen LogP contribution in [-0.4, -0.2) is 22.2 Å². The number of rotatable bonds is 1. The lowest BCUT2D eigenvalue weighted by atomic mass is 9.95. The van der Waals surface area contributed by atoms with Crippen molar-refractivity contribution in [2.45, 2.75) is 33.1 Å². The van der Waals surface area contributed by atoms with Crippen LogP contribution in [0.5, 0.6) is 11.5 Å². The first-order valence-corrected chi connectivity index (χ1v) is 6.21. The molecule has 20 heavy (non-hydrogen) atoms. The fourth-order valence-corrected chi connectivity index (χ4v) is 2.09. The lowest BCUT2D eigenvalue weighted by Gasteiger charge is -2.19. The maximum atomic E-state index is 14.3. The molecule has 0 aliphatic rings. The van der Waals surface area contributed by atoms with Crippen LogP contribution in [0.4, 0.5) is 10.2 Å². The zero-order valence-electron chi connectivity index (χ0n) is 12.2. The number of phenols is 1. The zero-order valence-corrected chi connectivity index (χ0v) is 12.2. The fraction of sp³-hybridized carbons (Fsp3) is 0.429. The van der Waals surface area contributed by atoms with E-state index in [-0.39, 0.29) is 22.5 Å². The summed E-state index contributed by atoms with van der Waals surface area (Å²) in [5.41, 5.74) is 6.09. The lowest BCUT2D eigenvalue weighted by molar-refractivity contribution is 0.357. The molecule has 1 heterocycles. The van der Waals surface area contributed by atoms with Crippen molar-refractivity contribution in [1.82, 2.24) is 9.97 Å². The van der Waals surface area contributed by atoms with Crippen molar-refractivity contribution in [2.24, 2.45) is 0 Å². The summed E-state index contributed by atoms with van der Waals surface area (Å²) in [6.07, 6.45) is 0. The molecule has 0 aliphatic carbocycles. The summed E-state index contributed by atoms with van der Waals surface area (Å²) in [7, 11) is 1.36. The van der Waals surface area contributed by atoms with E-state index >= 15 is 0 Å². The lowest BCUT2D eigenvalue weighted by Crippen LogP contribution is -2.17. The van der Waals surface area contributed by atoms with Gasteiger partial charge in [-0.1, -0.05) is 20.8 Å². The molecule has 1 aromatic heterocycles. The van der Waals surface area contributed by atoms with E-state index in [1.165, 1.54) is 7.11 Å². The number of halogens is 1. The SMILES string of the molecule is COc1c(O)c(F)c2nc(C(C)(C)C)nc(N)c2c1C. The number of hydrogen-bond acceptors (Lipinski definition) is 5. The first-order chi connectivity index (χ1) is 9.18. The van der Waals surface area contributed by atoms with Gasteiger partial charge in [-0.15, -0.1) is 0 Å². The Hall–Kier alpha value is -2.11. The summed E-state index contributed by atoms with van der Waals surface area (Å²) in [5.74, 6) is -0.758. The summed E-state index contributed by atoms with van der Waals surface area (Å²) >= 11 is 0. The fourth-order valence-electron chi connectivity index (χ4n) is 2.09. The van der Waals surface area contributed by atoms with Crippen molar-refractivity contribution >= 4 is 16.7 Å². The Bertz CT molecular complexity index is 693. The van der Waals surface area contributed by atoms with Crippen molar-refractivity contribution in [1.29, 1.82) is 0 Å². The molecule has 2 aromatic rings. The standard InChI is InChI=1S/C14H18FN3O2/c1-6-7-9(8(15)10(19)11(6)20-5)17-13(14(2,3)4)18-12(7)16/h19H,1-5H3,(H2,16,17,18). The van der Waals surface area contributed by atoms with Crippen LogP contribution in [0.25, 0.3) is 10.9 Å². The average Bonchev–Trinajstić information content (AvgIpc) is 2.34. The van der Waals surface area contributed by atoms with E-state index in [9.17, 15) is 9.50 Å². The van der Waals surface area contributed by atoms with Gasteiger partial charge in [0.1, 0.15) is 17.2 Å². The Labute approximate surface area is 116 Å². The number of benzene rings is 1. The van der Waals surface area contributed by atoms with E-state index in [0.717, 1.165) is 0 Å². The molecule has 2 rings (SSSR count). The molecular weight excluding hydrogens is 261 g/mol. The minimum absolute atomic E-state index is 0.0122. The number of aromatic nitrogens is 2. The minimum atomic E-state index is -0.845. The molecule has 0 saturated heterocycles. The Morgan fingerprint density at radius 3 is 2.35 bits per heavy atom. The van der Waals surface area contributed by atoms with Gasteiger partial charge in [0.05, 0.1) is 12.5 Å². The van der Waals surface area contributed by atoms with Crippen LogP contribution in [-0.2, 0) is 5.41 Å². The Balaban J connectivity index is 2.96.